The lowest BCUT2D eigenvalue weighted by Crippen LogP contribution is -2.34. The van der Waals surface area contributed by atoms with E-state index in [9.17, 15) is 14.7 Å². The van der Waals surface area contributed by atoms with Crippen LogP contribution in [0.25, 0.3) is 0 Å². The maximum absolute atomic E-state index is 11.8. The van der Waals surface area contributed by atoms with Crippen LogP contribution >= 0.6 is 0 Å². The van der Waals surface area contributed by atoms with Crippen LogP contribution < -0.4 is 5.32 Å². The predicted octanol–water partition coefficient (Wildman–Crippen LogP) is 2.07. The van der Waals surface area contributed by atoms with Gasteiger partial charge in [-0.05, 0) is 38.5 Å². The van der Waals surface area contributed by atoms with Crippen LogP contribution in [0, 0.1) is 5.41 Å². The summed E-state index contributed by atoms with van der Waals surface area (Å²) in [5, 5.41) is 21.1. The number of hydrogen-bond acceptors (Lipinski definition) is 3. The molecule has 5 nitrogen and oxygen atoms in total. The number of carboxylic acids is 1. The second-order valence-electron chi connectivity index (χ2n) is 5.25. The van der Waals surface area contributed by atoms with Crippen molar-refractivity contribution < 1.29 is 19.8 Å². The van der Waals surface area contributed by atoms with Gasteiger partial charge in [0.2, 0.25) is 5.91 Å². The van der Waals surface area contributed by atoms with Crippen molar-refractivity contribution in [1.82, 2.24) is 5.32 Å². The standard InChI is InChI=1S/C14H19NO4/c1-9(10-5-4-6-11(16)7-10)15-12(17)8-14(2,3)13(18)19/h4-7,9,16H,8H2,1-3H3,(H,15,17)(H,18,19). The van der Waals surface area contributed by atoms with Crippen LogP contribution in [0.4, 0.5) is 0 Å². The quantitative estimate of drug-likeness (QED) is 0.760. The van der Waals surface area contributed by atoms with Gasteiger partial charge < -0.3 is 15.5 Å². The number of aliphatic carboxylic acids is 1. The molecule has 1 unspecified atom stereocenters. The SMILES string of the molecule is CC(NC(=O)CC(C)(C)C(=O)O)c1cccc(O)c1. The Morgan fingerprint density at radius 1 is 1.37 bits per heavy atom. The third kappa shape index (κ3) is 4.28. The molecule has 0 aliphatic carbocycles. The maximum Gasteiger partial charge on any atom is 0.309 e. The normalized spacial score (nSPS) is 12.8. The molecule has 5 heteroatoms. The van der Waals surface area contributed by atoms with E-state index in [2.05, 4.69) is 5.32 Å². The average Bonchev–Trinajstić information content (AvgIpc) is 2.27. The van der Waals surface area contributed by atoms with E-state index in [0.717, 1.165) is 5.56 Å². The molecule has 0 saturated carbocycles. The summed E-state index contributed by atoms with van der Waals surface area (Å²) in [6.07, 6.45) is -0.0918. The van der Waals surface area contributed by atoms with Crippen LogP contribution in [0.2, 0.25) is 0 Å². The highest BCUT2D eigenvalue weighted by Gasteiger charge is 2.30. The molecule has 19 heavy (non-hydrogen) atoms. The van der Waals surface area contributed by atoms with Crippen molar-refractivity contribution in [1.29, 1.82) is 0 Å². The summed E-state index contributed by atoms with van der Waals surface area (Å²) in [6.45, 7) is 4.79. The van der Waals surface area contributed by atoms with Gasteiger partial charge in [-0.3, -0.25) is 9.59 Å². The van der Waals surface area contributed by atoms with Crippen LogP contribution in [-0.4, -0.2) is 22.1 Å². The third-order valence-corrected chi connectivity index (χ3v) is 2.93. The summed E-state index contributed by atoms with van der Waals surface area (Å²) >= 11 is 0. The molecule has 1 rings (SSSR count). The number of carboxylic acid groups (broad SMARTS) is 1. The zero-order valence-corrected chi connectivity index (χ0v) is 11.3. The van der Waals surface area contributed by atoms with Gasteiger partial charge in [0.25, 0.3) is 0 Å². The van der Waals surface area contributed by atoms with E-state index in [-0.39, 0.29) is 24.1 Å². The van der Waals surface area contributed by atoms with Crippen LogP contribution in [0.3, 0.4) is 0 Å². The van der Waals surface area contributed by atoms with Gasteiger partial charge in [-0.1, -0.05) is 12.1 Å². The molecular formula is C14H19NO4. The van der Waals surface area contributed by atoms with Crippen molar-refractivity contribution in [3.05, 3.63) is 29.8 Å². The summed E-state index contributed by atoms with van der Waals surface area (Å²) in [5.74, 6) is -1.21. The Kier molecular flexibility index (Phi) is 4.53. The van der Waals surface area contributed by atoms with Gasteiger partial charge >= 0.3 is 5.97 Å². The average molecular weight is 265 g/mol. The van der Waals surface area contributed by atoms with E-state index in [1.807, 2.05) is 0 Å². The molecule has 1 amide bonds. The van der Waals surface area contributed by atoms with Crippen molar-refractivity contribution in [2.75, 3.05) is 0 Å². The smallest absolute Gasteiger partial charge is 0.309 e. The number of amides is 1. The van der Waals surface area contributed by atoms with E-state index in [1.54, 1.807) is 31.2 Å². The second kappa shape index (κ2) is 5.73. The van der Waals surface area contributed by atoms with Crippen LogP contribution in [0.1, 0.15) is 38.8 Å². The molecule has 0 heterocycles. The fraction of sp³-hybridized carbons (Fsp3) is 0.429. The minimum absolute atomic E-state index is 0.0918. The predicted molar refractivity (Wildman–Crippen MR) is 70.7 cm³/mol. The Morgan fingerprint density at radius 3 is 2.53 bits per heavy atom. The minimum Gasteiger partial charge on any atom is -0.508 e. The Labute approximate surface area is 112 Å². The number of hydrogen-bond donors (Lipinski definition) is 3. The summed E-state index contributed by atoms with van der Waals surface area (Å²) in [4.78, 5) is 22.7. The number of carbonyl (C=O) groups is 2. The first-order valence-electron chi connectivity index (χ1n) is 6.04. The van der Waals surface area contributed by atoms with E-state index in [4.69, 9.17) is 5.11 Å². The summed E-state index contributed by atoms with van der Waals surface area (Å²) in [6, 6.07) is 6.30. The van der Waals surface area contributed by atoms with Crippen LogP contribution in [-0.2, 0) is 9.59 Å². The van der Waals surface area contributed by atoms with E-state index in [1.165, 1.54) is 13.8 Å². The second-order valence-corrected chi connectivity index (χ2v) is 5.25. The zero-order chi connectivity index (χ0) is 14.6. The molecule has 1 aromatic carbocycles. The number of phenols is 1. The number of aromatic hydroxyl groups is 1. The maximum atomic E-state index is 11.8. The lowest BCUT2D eigenvalue weighted by molar-refractivity contribution is -0.149. The van der Waals surface area contributed by atoms with Gasteiger partial charge in [0.1, 0.15) is 5.75 Å². The molecule has 0 aliphatic heterocycles. The molecular weight excluding hydrogens is 246 g/mol. The number of carbonyl (C=O) groups excluding carboxylic acids is 1. The number of benzene rings is 1. The Hall–Kier alpha value is -2.04. The van der Waals surface area contributed by atoms with Crippen molar-refractivity contribution in [2.45, 2.75) is 33.2 Å². The monoisotopic (exact) mass is 265 g/mol. The highest BCUT2D eigenvalue weighted by atomic mass is 16.4. The summed E-state index contributed by atoms with van der Waals surface area (Å²) in [7, 11) is 0. The molecule has 0 aromatic heterocycles. The first kappa shape index (κ1) is 15.0. The lowest BCUT2D eigenvalue weighted by Gasteiger charge is -2.20. The van der Waals surface area contributed by atoms with Crippen molar-refractivity contribution in [3.8, 4) is 5.75 Å². The van der Waals surface area contributed by atoms with Gasteiger partial charge in [0.15, 0.2) is 0 Å². The Balaban J connectivity index is 2.65. The van der Waals surface area contributed by atoms with Gasteiger partial charge in [-0.25, -0.2) is 0 Å². The number of nitrogens with one attached hydrogen (secondary N) is 1. The zero-order valence-electron chi connectivity index (χ0n) is 11.3. The van der Waals surface area contributed by atoms with Crippen molar-refractivity contribution in [3.63, 3.8) is 0 Å². The molecule has 0 radical (unpaired) electrons. The van der Waals surface area contributed by atoms with Crippen LogP contribution in [0.5, 0.6) is 5.75 Å². The van der Waals surface area contributed by atoms with Gasteiger partial charge in [-0.15, -0.1) is 0 Å². The van der Waals surface area contributed by atoms with E-state index < -0.39 is 11.4 Å². The number of rotatable bonds is 5. The van der Waals surface area contributed by atoms with Gasteiger partial charge in [-0.2, -0.15) is 0 Å². The molecule has 3 N–H and O–H groups in total. The first-order valence-corrected chi connectivity index (χ1v) is 6.04. The fourth-order valence-electron chi connectivity index (χ4n) is 1.65. The largest absolute Gasteiger partial charge is 0.508 e. The van der Waals surface area contributed by atoms with Crippen molar-refractivity contribution >= 4 is 11.9 Å². The fourth-order valence-corrected chi connectivity index (χ4v) is 1.65. The lowest BCUT2D eigenvalue weighted by atomic mass is 9.89. The summed E-state index contributed by atoms with van der Waals surface area (Å²) in [5.41, 5.74) is -0.329. The molecule has 0 bridgehead atoms. The van der Waals surface area contributed by atoms with Gasteiger partial charge in [0, 0.05) is 6.42 Å². The minimum atomic E-state index is -1.09. The van der Waals surface area contributed by atoms with Gasteiger partial charge in [0.05, 0.1) is 11.5 Å². The van der Waals surface area contributed by atoms with Crippen molar-refractivity contribution in [2.24, 2.45) is 5.41 Å². The molecule has 0 saturated heterocycles. The molecule has 1 atom stereocenters. The molecule has 1 aromatic rings. The number of phenolic OH excluding ortho intramolecular Hbond substituents is 1. The van der Waals surface area contributed by atoms with E-state index >= 15 is 0 Å². The molecule has 0 aliphatic rings. The summed E-state index contributed by atoms with van der Waals surface area (Å²) < 4.78 is 0. The molecule has 0 fully saturated rings. The Morgan fingerprint density at radius 2 is 2.00 bits per heavy atom. The highest BCUT2D eigenvalue weighted by Crippen LogP contribution is 2.22. The highest BCUT2D eigenvalue weighted by molar-refractivity contribution is 5.84. The Bertz CT molecular complexity index is 482. The van der Waals surface area contributed by atoms with E-state index in [0.29, 0.717) is 0 Å². The molecule has 0 spiro atoms. The molecule has 104 valence electrons. The topological polar surface area (TPSA) is 86.6 Å². The first-order chi connectivity index (χ1) is 8.72. The third-order valence-electron chi connectivity index (χ3n) is 2.93. The van der Waals surface area contributed by atoms with Crippen LogP contribution in [0.15, 0.2) is 24.3 Å².